The second-order valence-electron chi connectivity index (χ2n) is 14.9. The Morgan fingerprint density at radius 2 is 0.431 bits per heavy atom. The molecule has 0 spiro atoms. The monoisotopic (exact) mass is 1050 g/mol. The normalized spacial score (nSPS) is 18.0. The minimum absolute atomic E-state index is 0. The van der Waals surface area contributed by atoms with E-state index in [1.165, 1.54) is 41.5 Å². The Balaban J connectivity index is -0.000000374. The number of halogens is 21. The molecule has 0 aromatic rings. The van der Waals surface area contributed by atoms with E-state index in [0.717, 1.165) is 0 Å². The van der Waals surface area contributed by atoms with Gasteiger partial charge in [0.1, 0.15) is 18.3 Å². The Morgan fingerprint density at radius 1 is 0.310 bits per heavy atom. The third-order valence-electron chi connectivity index (χ3n) is 7.63. The predicted molar refractivity (Wildman–Crippen MR) is 155 cm³/mol. The summed E-state index contributed by atoms with van der Waals surface area (Å²) in [6.07, 6.45) is -39.1. The van der Waals surface area contributed by atoms with E-state index < -0.39 is 126 Å². The van der Waals surface area contributed by atoms with Gasteiger partial charge in [0.15, 0.2) is 0 Å². The molecule has 0 saturated heterocycles. The van der Waals surface area contributed by atoms with Crippen LogP contribution in [0.15, 0.2) is 0 Å². The average Bonchev–Trinajstić information content (AvgIpc) is 2.93. The van der Waals surface area contributed by atoms with E-state index in [4.69, 9.17) is 15.3 Å². The molecule has 6 atom stereocenters. The van der Waals surface area contributed by atoms with Crippen molar-refractivity contribution in [1.82, 2.24) is 0 Å². The summed E-state index contributed by atoms with van der Waals surface area (Å²) < 4.78 is 260. The van der Waals surface area contributed by atoms with Gasteiger partial charge in [0, 0.05) is 37.6 Å². The van der Waals surface area contributed by atoms with Gasteiger partial charge in [-0.3, -0.25) is 0 Å². The van der Waals surface area contributed by atoms with Gasteiger partial charge in [-0.2, -0.15) is 92.2 Å². The van der Waals surface area contributed by atoms with Crippen molar-refractivity contribution in [3.05, 3.63) is 20.8 Å². The van der Waals surface area contributed by atoms with Crippen LogP contribution >= 0.6 is 0 Å². The van der Waals surface area contributed by atoms with E-state index in [1.807, 2.05) is 0 Å². The van der Waals surface area contributed by atoms with Gasteiger partial charge < -0.3 is 51.4 Å². The third kappa shape index (κ3) is 16.2. The number of rotatable bonds is 15. The van der Waals surface area contributed by atoms with Crippen LogP contribution in [0.5, 0.6) is 0 Å². The molecular weight excluding hydrogens is 1010 g/mol. The summed E-state index contributed by atoms with van der Waals surface area (Å²) in [4.78, 5) is 0. The average molecular weight is 1050 g/mol. The Hall–Kier alpha value is -0.126. The topological polar surface area (TPSA) is 121 Å². The number of alkyl halides is 21. The van der Waals surface area contributed by atoms with Crippen molar-refractivity contribution in [3.63, 3.8) is 0 Å². The molecule has 0 heterocycles. The number of aliphatic hydroxyl groups excluding tert-OH is 6. The first kappa shape index (κ1) is 64.5. The molecule has 0 aliphatic rings. The molecule has 352 valence electrons. The van der Waals surface area contributed by atoms with Gasteiger partial charge in [-0.1, -0.05) is 41.5 Å². The van der Waals surface area contributed by atoms with Crippen LogP contribution < -0.4 is 0 Å². The summed E-state index contributed by atoms with van der Waals surface area (Å²) in [5, 5.41) is 54.6. The quantitative estimate of drug-likeness (QED) is 0.0725. The molecule has 0 bridgehead atoms. The second-order valence-corrected chi connectivity index (χ2v) is 14.9. The molecule has 6 nitrogen and oxygen atoms in total. The number of hydrogen-bond acceptors (Lipinski definition) is 6. The summed E-state index contributed by atoms with van der Waals surface area (Å²) in [6.45, 7) is 17.3. The first-order valence-corrected chi connectivity index (χ1v) is 15.3. The van der Waals surface area contributed by atoms with Crippen molar-refractivity contribution >= 4 is 0 Å². The molecule has 58 heavy (non-hydrogen) atoms. The molecule has 0 saturated carbocycles. The molecule has 0 radical (unpaired) electrons. The van der Waals surface area contributed by atoms with E-state index in [2.05, 4.69) is 20.8 Å². The maximum absolute atomic E-state index is 13.0. The van der Waals surface area contributed by atoms with Crippen molar-refractivity contribution < 1.29 is 172 Å². The Bertz CT molecular complexity index is 1070. The van der Waals surface area contributed by atoms with Crippen LogP contribution in [0.1, 0.15) is 60.8 Å². The minimum atomic E-state index is -6.51. The van der Waals surface area contributed by atoms with Gasteiger partial charge in [0.05, 0.1) is 0 Å². The largest absolute Gasteiger partial charge is 3.00 e. The summed E-state index contributed by atoms with van der Waals surface area (Å²) >= 11 is 0. The zero-order valence-corrected chi connectivity index (χ0v) is 33.1. The van der Waals surface area contributed by atoms with Crippen molar-refractivity contribution in [1.29, 1.82) is 0 Å². The van der Waals surface area contributed by atoms with E-state index in [1.54, 1.807) is 0 Å². The fraction of sp³-hybridized carbons (Fsp3) is 0.900. The fourth-order valence-corrected chi connectivity index (χ4v) is 3.23. The second kappa shape index (κ2) is 20.6. The fourth-order valence-electron chi connectivity index (χ4n) is 3.23. The van der Waals surface area contributed by atoms with Crippen LogP contribution in [0, 0.1) is 86.4 Å². The minimum Gasteiger partial charge on any atom is -0.395 e. The van der Waals surface area contributed by atoms with E-state index in [-0.39, 0.29) is 49.4 Å². The Kier molecular flexibility index (Phi) is 22.9. The molecule has 28 heteroatoms. The van der Waals surface area contributed by atoms with E-state index in [9.17, 15) is 108 Å². The first-order chi connectivity index (χ1) is 24.1. The summed E-state index contributed by atoms with van der Waals surface area (Å²) in [6, 6.07) is 0. The van der Waals surface area contributed by atoms with Gasteiger partial charge in [-0.05, 0) is 0 Å². The molecule has 6 unspecified atom stereocenters. The molecule has 0 fully saturated rings. The maximum Gasteiger partial charge on any atom is 3.00 e. The Morgan fingerprint density at radius 3 is 0.517 bits per heavy atom. The summed E-state index contributed by atoms with van der Waals surface area (Å²) in [7, 11) is 0. The van der Waals surface area contributed by atoms with Gasteiger partial charge in [0.25, 0.3) is 0 Å². The molecule has 0 aromatic carbocycles. The van der Waals surface area contributed by atoms with Crippen LogP contribution in [-0.4, -0.2) is 121 Å². The number of aliphatic hydroxyl groups is 6. The van der Waals surface area contributed by atoms with E-state index in [0.29, 0.717) is 0 Å². The summed E-state index contributed by atoms with van der Waals surface area (Å²) in [5.41, 5.74) is -3.90. The van der Waals surface area contributed by atoms with Crippen LogP contribution in [0.25, 0.3) is 0 Å². The van der Waals surface area contributed by atoms with Crippen molar-refractivity contribution in [2.45, 2.75) is 151 Å². The van der Waals surface area contributed by atoms with Crippen LogP contribution in [0.2, 0.25) is 0 Å². The van der Waals surface area contributed by atoms with Crippen molar-refractivity contribution in [2.24, 2.45) is 16.2 Å². The molecular formula is C30H42EuF21O6. The maximum atomic E-state index is 13.0. The number of hydrogen-bond donors (Lipinski definition) is 6. The van der Waals surface area contributed by atoms with Gasteiger partial charge in [-0.25, -0.2) is 0 Å². The third-order valence-corrected chi connectivity index (χ3v) is 7.63. The van der Waals surface area contributed by atoms with Crippen LogP contribution in [-0.2, 0) is 0 Å². The molecule has 0 aromatic heterocycles. The van der Waals surface area contributed by atoms with Crippen LogP contribution in [0.4, 0.5) is 92.2 Å². The molecule has 0 aliphatic carbocycles. The smallest absolute Gasteiger partial charge is 0.395 e. The van der Waals surface area contributed by atoms with E-state index >= 15 is 0 Å². The van der Waals surface area contributed by atoms with Crippen molar-refractivity contribution in [2.75, 3.05) is 0 Å². The zero-order valence-electron chi connectivity index (χ0n) is 30.7. The SMILES string of the molecule is [CH2-]C(C)(C)C(O)CC(O)C(F)(F)C(F)(F)C(F)(F)F.[CH2-]C(C)(C)C(O)CC(O)C(F)(F)C(F)(F)C(F)(F)F.[CH2-]C(C)(C)C(O)CC(O)C(F)(F)C(F)(F)C(F)(F)F.[Eu+3]. The van der Waals surface area contributed by atoms with Gasteiger partial charge in [0.2, 0.25) is 0 Å². The first-order valence-electron chi connectivity index (χ1n) is 15.3. The summed E-state index contributed by atoms with van der Waals surface area (Å²) in [5.74, 6) is -36.5. The molecule has 0 rings (SSSR count). The van der Waals surface area contributed by atoms with Crippen molar-refractivity contribution in [3.8, 4) is 0 Å². The van der Waals surface area contributed by atoms with Gasteiger partial charge >= 0.3 is 103 Å². The molecule has 0 amide bonds. The Labute approximate surface area is 359 Å². The standard InChI is InChI=1S/3C10H14F7O2.Eu/c3*1-7(2,3)5(18)4-6(19)8(11,12)9(13,14)10(15,16)17;/h3*5-6,18-19H,1,4H2,2-3H3;/q3*-1;+3. The molecule has 0 aliphatic heterocycles. The molecule has 6 N–H and O–H groups in total. The zero-order chi connectivity index (χ0) is 47.6. The van der Waals surface area contributed by atoms with Crippen LogP contribution in [0.3, 0.4) is 0 Å². The predicted octanol–water partition coefficient (Wildman–Crippen LogP) is 8.37. The van der Waals surface area contributed by atoms with Gasteiger partial charge in [-0.15, -0.1) is 16.2 Å².